The highest BCUT2D eigenvalue weighted by molar-refractivity contribution is 5.79. The lowest BCUT2D eigenvalue weighted by molar-refractivity contribution is -0.126. The first-order valence-electron chi connectivity index (χ1n) is 5.56. The highest BCUT2D eigenvalue weighted by atomic mass is 16.2. The summed E-state index contributed by atoms with van der Waals surface area (Å²) in [6.07, 6.45) is 3.53. The summed E-state index contributed by atoms with van der Waals surface area (Å²) in [6, 6.07) is 9.93. The Morgan fingerprint density at radius 3 is 2.75 bits per heavy atom. The number of nitrogens with zero attached hydrogens (tertiary/aromatic N) is 1. The van der Waals surface area contributed by atoms with Gasteiger partial charge in [-0.25, -0.2) is 0 Å². The molecule has 0 atom stereocenters. The summed E-state index contributed by atoms with van der Waals surface area (Å²) in [6.45, 7) is 2.80. The Kier molecular flexibility index (Phi) is 3.25. The van der Waals surface area contributed by atoms with Crippen LogP contribution in [0.3, 0.4) is 0 Å². The Morgan fingerprint density at radius 1 is 1.38 bits per heavy atom. The fourth-order valence-corrected chi connectivity index (χ4v) is 1.82. The van der Waals surface area contributed by atoms with E-state index in [1.165, 1.54) is 0 Å². The number of anilines is 1. The lowest BCUT2D eigenvalue weighted by Gasteiger charge is -2.16. The zero-order valence-electron chi connectivity index (χ0n) is 9.44. The first-order chi connectivity index (χ1) is 7.77. The molecule has 1 aliphatic heterocycles. The van der Waals surface area contributed by atoms with Crippen LogP contribution in [0.4, 0.5) is 5.69 Å². The summed E-state index contributed by atoms with van der Waals surface area (Å²) in [5.41, 5.74) is 2.01. The van der Waals surface area contributed by atoms with Crippen molar-refractivity contribution in [2.75, 3.05) is 11.9 Å². The van der Waals surface area contributed by atoms with Gasteiger partial charge in [0.05, 0.1) is 0 Å². The Morgan fingerprint density at radius 2 is 2.12 bits per heavy atom. The van der Waals surface area contributed by atoms with E-state index in [-0.39, 0.29) is 5.91 Å². The van der Waals surface area contributed by atoms with Crippen LogP contribution in [0.15, 0.2) is 42.2 Å². The van der Waals surface area contributed by atoms with Crippen molar-refractivity contribution in [2.24, 2.45) is 0 Å². The highest BCUT2D eigenvalue weighted by Crippen LogP contribution is 2.16. The van der Waals surface area contributed by atoms with Crippen LogP contribution in [0.5, 0.6) is 0 Å². The Bertz CT molecular complexity index is 398. The van der Waals surface area contributed by atoms with Crippen LogP contribution in [0.2, 0.25) is 0 Å². The SMILES string of the molecule is CC(=CNc1ccccc1)N1CCCC1=O. The van der Waals surface area contributed by atoms with E-state index in [0.717, 1.165) is 24.4 Å². The minimum atomic E-state index is 0.226. The number of hydrogen-bond acceptors (Lipinski definition) is 2. The van der Waals surface area contributed by atoms with Crippen molar-refractivity contribution in [3.63, 3.8) is 0 Å². The molecular weight excluding hydrogens is 200 g/mol. The number of allylic oxidation sites excluding steroid dienone is 1. The van der Waals surface area contributed by atoms with Gasteiger partial charge in [0.1, 0.15) is 0 Å². The van der Waals surface area contributed by atoms with E-state index in [2.05, 4.69) is 5.32 Å². The van der Waals surface area contributed by atoms with Gasteiger partial charge in [-0.3, -0.25) is 4.79 Å². The molecule has 1 heterocycles. The van der Waals surface area contributed by atoms with Gasteiger partial charge in [0.2, 0.25) is 5.91 Å². The number of para-hydroxylation sites is 1. The molecule has 1 aromatic carbocycles. The molecular formula is C13H16N2O. The monoisotopic (exact) mass is 216 g/mol. The van der Waals surface area contributed by atoms with Gasteiger partial charge in [0.15, 0.2) is 0 Å². The summed E-state index contributed by atoms with van der Waals surface area (Å²) < 4.78 is 0. The lowest BCUT2D eigenvalue weighted by atomic mass is 10.3. The van der Waals surface area contributed by atoms with Crippen LogP contribution < -0.4 is 5.32 Å². The van der Waals surface area contributed by atoms with Crippen molar-refractivity contribution in [3.05, 3.63) is 42.2 Å². The zero-order chi connectivity index (χ0) is 11.4. The molecule has 84 valence electrons. The van der Waals surface area contributed by atoms with Crippen molar-refractivity contribution >= 4 is 11.6 Å². The summed E-state index contributed by atoms with van der Waals surface area (Å²) in [7, 11) is 0. The predicted molar refractivity (Wildman–Crippen MR) is 64.8 cm³/mol. The third-order valence-corrected chi connectivity index (χ3v) is 2.72. The minimum Gasteiger partial charge on any atom is -0.360 e. The Labute approximate surface area is 95.8 Å². The third kappa shape index (κ3) is 2.42. The van der Waals surface area contributed by atoms with Gasteiger partial charge in [-0.15, -0.1) is 0 Å². The second kappa shape index (κ2) is 4.84. The fraction of sp³-hybridized carbons (Fsp3) is 0.308. The smallest absolute Gasteiger partial charge is 0.226 e. The average Bonchev–Trinajstić information content (AvgIpc) is 2.74. The second-order valence-corrected chi connectivity index (χ2v) is 3.95. The number of rotatable bonds is 3. The van der Waals surface area contributed by atoms with E-state index in [9.17, 15) is 4.79 Å². The van der Waals surface area contributed by atoms with Crippen LogP contribution in [0.25, 0.3) is 0 Å². The number of benzene rings is 1. The Hall–Kier alpha value is -1.77. The third-order valence-electron chi connectivity index (χ3n) is 2.72. The van der Waals surface area contributed by atoms with Crippen LogP contribution in [0, 0.1) is 0 Å². The van der Waals surface area contributed by atoms with E-state index < -0.39 is 0 Å². The molecule has 0 spiro atoms. The number of carbonyl (C=O) groups excluding carboxylic acids is 1. The van der Waals surface area contributed by atoms with Gasteiger partial charge in [0, 0.05) is 30.5 Å². The fourth-order valence-electron chi connectivity index (χ4n) is 1.82. The van der Waals surface area contributed by atoms with Gasteiger partial charge in [-0.05, 0) is 25.5 Å². The molecule has 3 heteroatoms. The molecule has 1 fully saturated rings. The quantitative estimate of drug-likeness (QED) is 0.842. The van der Waals surface area contributed by atoms with Crippen molar-refractivity contribution in [2.45, 2.75) is 19.8 Å². The standard InChI is InChI=1S/C13H16N2O/c1-11(15-9-5-8-13(15)16)10-14-12-6-3-2-4-7-12/h2-4,6-7,10,14H,5,8-9H2,1H3. The topological polar surface area (TPSA) is 32.3 Å². The highest BCUT2D eigenvalue weighted by Gasteiger charge is 2.20. The second-order valence-electron chi connectivity index (χ2n) is 3.95. The maximum absolute atomic E-state index is 11.5. The number of nitrogens with one attached hydrogen (secondary N) is 1. The molecule has 1 saturated heterocycles. The Balaban J connectivity index is 1.99. The van der Waals surface area contributed by atoms with Crippen LogP contribution in [-0.2, 0) is 4.79 Å². The minimum absolute atomic E-state index is 0.226. The number of likely N-dealkylation sites (tertiary alicyclic amines) is 1. The van der Waals surface area contributed by atoms with E-state index in [1.54, 1.807) is 0 Å². The van der Waals surface area contributed by atoms with Crippen molar-refractivity contribution in [3.8, 4) is 0 Å². The first kappa shape index (κ1) is 10.7. The van der Waals surface area contributed by atoms with Crippen LogP contribution in [0.1, 0.15) is 19.8 Å². The molecule has 2 rings (SSSR count). The molecule has 1 aliphatic rings. The largest absolute Gasteiger partial charge is 0.360 e. The molecule has 3 nitrogen and oxygen atoms in total. The molecule has 0 aromatic heterocycles. The van der Waals surface area contributed by atoms with Crippen molar-refractivity contribution in [1.29, 1.82) is 0 Å². The van der Waals surface area contributed by atoms with Crippen LogP contribution in [-0.4, -0.2) is 17.4 Å². The molecule has 16 heavy (non-hydrogen) atoms. The lowest BCUT2D eigenvalue weighted by Crippen LogP contribution is -2.22. The molecule has 0 radical (unpaired) electrons. The summed E-state index contributed by atoms with van der Waals surface area (Å²) in [5.74, 6) is 0.226. The van der Waals surface area contributed by atoms with Gasteiger partial charge in [-0.2, -0.15) is 0 Å². The van der Waals surface area contributed by atoms with E-state index in [0.29, 0.717) is 6.42 Å². The van der Waals surface area contributed by atoms with Gasteiger partial charge >= 0.3 is 0 Å². The summed E-state index contributed by atoms with van der Waals surface area (Å²) in [5, 5.41) is 3.19. The number of carbonyl (C=O) groups is 1. The van der Waals surface area contributed by atoms with Crippen molar-refractivity contribution in [1.82, 2.24) is 4.90 Å². The molecule has 0 unspecified atom stereocenters. The van der Waals surface area contributed by atoms with E-state index >= 15 is 0 Å². The maximum Gasteiger partial charge on any atom is 0.226 e. The van der Waals surface area contributed by atoms with Crippen molar-refractivity contribution < 1.29 is 4.79 Å². The average molecular weight is 216 g/mol. The number of amides is 1. The first-order valence-corrected chi connectivity index (χ1v) is 5.56. The predicted octanol–water partition coefficient (Wildman–Crippen LogP) is 2.58. The zero-order valence-corrected chi connectivity index (χ0v) is 9.44. The normalized spacial score (nSPS) is 16.7. The molecule has 0 saturated carbocycles. The van der Waals surface area contributed by atoms with Gasteiger partial charge in [0.25, 0.3) is 0 Å². The molecule has 1 aromatic rings. The molecule has 0 bridgehead atoms. The molecule has 1 amide bonds. The molecule has 1 N–H and O–H groups in total. The molecule has 0 aliphatic carbocycles. The number of hydrogen-bond donors (Lipinski definition) is 1. The van der Waals surface area contributed by atoms with Gasteiger partial charge < -0.3 is 10.2 Å². The maximum atomic E-state index is 11.5. The van der Waals surface area contributed by atoms with E-state index in [4.69, 9.17) is 0 Å². The summed E-state index contributed by atoms with van der Waals surface area (Å²) >= 11 is 0. The van der Waals surface area contributed by atoms with Crippen LogP contribution >= 0.6 is 0 Å². The summed E-state index contributed by atoms with van der Waals surface area (Å²) in [4.78, 5) is 13.3. The van der Waals surface area contributed by atoms with E-state index in [1.807, 2.05) is 48.4 Å². The van der Waals surface area contributed by atoms with Gasteiger partial charge in [-0.1, -0.05) is 18.2 Å².